The molecule has 9 heteroatoms. The zero-order valence-electron chi connectivity index (χ0n) is 11.6. The Hall–Kier alpha value is -2.31. The second kappa shape index (κ2) is 5.15. The molecule has 116 valence electrons. The van der Waals surface area contributed by atoms with Gasteiger partial charge in [0.25, 0.3) is 10.1 Å². The lowest BCUT2D eigenvalue weighted by molar-refractivity contribution is 0.0844. The van der Waals surface area contributed by atoms with Crippen molar-refractivity contribution < 1.29 is 26.9 Å². The third-order valence-corrected chi connectivity index (χ3v) is 3.98. The summed E-state index contributed by atoms with van der Waals surface area (Å²) in [6.45, 7) is -0.133. The van der Waals surface area contributed by atoms with Crippen molar-refractivity contribution in [3.05, 3.63) is 23.8 Å². The van der Waals surface area contributed by atoms with Gasteiger partial charge in [0, 0.05) is 6.07 Å². The van der Waals surface area contributed by atoms with Gasteiger partial charge in [-0.2, -0.15) is 13.7 Å². The van der Waals surface area contributed by atoms with E-state index in [0.29, 0.717) is 17.0 Å². The van der Waals surface area contributed by atoms with E-state index < -0.39 is 28.4 Å². The van der Waals surface area contributed by atoms with E-state index in [1.165, 1.54) is 4.90 Å². The first kappa shape index (κ1) is 14.6. The van der Waals surface area contributed by atoms with Crippen LogP contribution in [0.25, 0.3) is 0 Å². The number of hydrogen-bond acceptors (Lipinski definition) is 7. The quantitative estimate of drug-likeness (QED) is 0.750. The highest BCUT2D eigenvalue weighted by Gasteiger charge is 2.47. The first-order valence-corrected chi connectivity index (χ1v) is 8.22. The number of benzene rings is 1. The Balaban J connectivity index is 1.86. The second-order valence-corrected chi connectivity index (χ2v) is 6.60. The van der Waals surface area contributed by atoms with Crippen LogP contribution in [0.2, 0.25) is 0 Å². The first-order chi connectivity index (χ1) is 10.4. The molecule has 0 radical (unpaired) electrons. The number of ether oxygens (including phenoxy) is 2. The number of nitrogens with zero attached hydrogens (tertiary/aromatic N) is 2. The summed E-state index contributed by atoms with van der Waals surface area (Å²) in [5.41, 5.74) is 0.906. The van der Waals surface area contributed by atoms with Crippen LogP contribution in [0, 0.1) is 11.3 Å². The smallest absolute Gasteiger partial charge is 0.415 e. The third-order valence-electron chi connectivity index (χ3n) is 3.41. The maximum Gasteiger partial charge on any atom is 0.415 e. The van der Waals surface area contributed by atoms with E-state index >= 15 is 0 Å². The summed E-state index contributed by atoms with van der Waals surface area (Å²) in [7, 11) is -3.62. The second-order valence-electron chi connectivity index (χ2n) is 4.95. The molecule has 8 nitrogen and oxygen atoms in total. The van der Waals surface area contributed by atoms with Crippen LogP contribution in [0.15, 0.2) is 18.2 Å². The number of hydrogen-bond donors (Lipinski definition) is 0. The minimum Gasteiger partial charge on any atom is -0.489 e. The maximum atomic E-state index is 12.0. The molecule has 1 aromatic carbocycles. The van der Waals surface area contributed by atoms with Gasteiger partial charge in [-0.1, -0.05) is 0 Å². The summed E-state index contributed by atoms with van der Waals surface area (Å²) < 4.78 is 37.6. The summed E-state index contributed by atoms with van der Waals surface area (Å²) >= 11 is 0. The van der Waals surface area contributed by atoms with Crippen LogP contribution < -0.4 is 9.64 Å². The molecule has 0 N–H and O–H groups in total. The van der Waals surface area contributed by atoms with Crippen molar-refractivity contribution in [2.75, 3.05) is 24.4 Å². The lowest BCUT2D eigenvalue weighted by atomic mass is 10.1. The van der Waals surface area contributed by atoms with Crippen LogP contribution in [0.3, 0.4) is 0 Å². The number of carbonyl (C=O) groups is 1. The third kappa shape index (κ3) is 2.58. The number of anilines is 1. The maximum absolute atomic E-state index is 12.0. The molecule has 2 heterocycles. The Morgan fingerprint density at radius 1 is 1.50 bits per heavy atom. The summed E-state index contributed by atoms with van der Waals surface area (Å²) in [5, 5.41) is 8.88. The largest absolute Gasteiger partial charge is 0.489 e. The van der Waals surface area contributed by atoms with Gasteiger partial charge in [0.1, 0.15) is 25.0 Å². The number of fused-ring (bicyclic) bond motifs is 3. The van der Waals surface area contributed by atoms with Gasteiger partial charge in [-0.25, -0.2) is 4.79 Å². The van der Waals surface area contributed by atoms with Crippen molar-refractivity contribution in [2.45, 2.75) is 12.1 Å². The van der Waals surface area contributed by atoms with Crippen LogP contribution in [0.1, 0.15) is 5.56 Å². The fourth-order valence-electron chi connectivity index (χ4n) is 2.43. The number of rotatable bonds is 3. The molecule has 0 spiro atoms. The van der Waals surface area contributed by atoms with Crippen LogP contribution in [-0.2, 0) is 19.0 Å². The minimum absolute atomic E-state index is 0.130. The van der Waals surface area contributed by atoms with Gasteiger partial charge in [-0.3, -0.25) is 9.08 Å². The van der Waals surface area contributed by atoms with Crippen LogP contribution in [-0.4, -0.2) is 46.1 Å². The van der Waals surface area contributed by atoms with Crippen LogP contribution in [0.4, 0.5) is 10.5 Å². The average Bonchev–Trinajstić information content (AvgIpc) is 2.80. The summed E-state index contributed by atoms with van der Waals surface area (Å²) in [6.07, 6.45) is -0.412. The van der Waals surface area contributed by atoms with E-state index in [2.05, 4.69) is 0 Å². The fraction of sp³-hybridized carbons (Fsp3) is 0.385. The Morgan fingerprint density at radius 2 is 2.27 bits per heavy atom. The number of cyclic esters (lactones) is 1. The highest BCUT2D eigenvalue weighted by atomic mass is 32.2. The Bertz CT molecular complexity index is 769. The topological polar surface area (TPSA) is 106 Å². The van der Waals surface area contributed by atoms with Crippen molar-refractivity contribution in [1.82, 2.24) is 0 Å². The fourth-order valence-corrected chi connectivity index (χ4v) is 2.82. The zero-order chi connectivity index (χ0) is 15.9. The minimum atomic E-state index is -3.62. The molecule has 2 atom stereocenters. The highest BCUT2D eigenvalue weighted by molar-refractivity contribution is 7.85. The lowest BCUT2D eigenvalue weighted by Gasteiger charge is -2.31. The molecule has 2 aliphatic rings. The van der Waals surface area contributed by atoms with Crippen molar-refractivity contribution in [3.8, 4) is 11.8 Å². The van der Waals surface area contributed by atoms with Gasteiger partial charge < -0.3 is 9.47 Å². The first-order valence-electron chi connectivity index (χ1n) is 6.40. The molecule has 1 fully saturated rings. The summed E-state index contributed by atoms with van der Waals surface area (Å²) in [5.74, 6) is 0.414. The van der Waals surface area contributed by atoms with Crippen molar-refractivity contribution >= 4 is 21.9 Å². The van der Waals surface area contributed by atoms with Gasteiger partial charge in [-0.15, -0.1) is 0 Å². The molecule has 0 aromatic heterocycles. The SMILES string of the molecule is CS(=O)(=O)OCC1OC(=O)N2c3ccc(C#N)cc3OCC12. The van der Waals surface area contributed by atoms with Crippen molar-refractivity contribution in [2.24, 2.45) is 0 Å². The molecule has 0 bridgehead atoms. The van der Waals surface area contributed by atoms with E-state index in [4.69, 9.17) is 18.9 Å². The lowest BCUT2D eigenvalue weighted by Crippen LogP contribution is -2.45. The number of nitriles is 1. The molecule has 2 unspecified atom stereocenters. The predicted molar refractivity (Wildman–Crippen MR) is 74.0 cm³/mol. The molecule has 3 rings (SSSR count). The molecule has 1 amide bonds. The van der Waals surface area contributed by atoms with Crippen LogP contribution in [0.5, 0.6) is 5.75 Å². The number of amides is 1. The van der Waals surface area contributed by atoms with Gasteiger partial charge in [0.2, 0.25) is 0 Å². The van der Waals surface area contributed by atoms with Gasteiger partial charge >= 0.3 is 6.09 Å². The average molecular weight is 324 g/mol. The van der Waals surface area contributed by atoms with Crippen molar-refractivity contribution in [3.63, 3.8) is 0 Å². The number of carbonyl (C=O) groups excluding carboxylic acids is 1. The summed E-state index contributed by atoms with van der Waals surface area (Å²) in [4.78, 5) is 13.4. The molecule has 1 aromatic rings. The molecule has 0 aliphatic carbocycles. The molecule has 2 aliphatic heterocycles. The molecule has 1 saturated heterocycles. The molecule has 22 heavy (non-hydrogen) atoms. The van der Waals surface area contributed by atoms with Crippen LogP contribution >= 0.6 is 0 Å². The Morgan fingerprint density at radius 3 is 2.95 bits per heavy atom. The Labute approximate surface area is 126 Å². The molecular weight excluding hydrogens is 312 g/mol. The normalized spacial score (nSPS) is 23.1. The molecular formula is C13H12N2O6S. The van der Waals surface area contributed by atoms with E-state index in [9.17, 15) is 13.2 Å². The van der Waals surface area contributed by atoms with E-state index in [1.54, 1.807) is 18.2 Å². The van der Waals surface area contributed by atoms with Gasteiger partial charge in [-0.05, 0) is 12.1 Å². The zero-order valence-corrected chi connectivity index (χ0v) is 12.4. The molecule has 0 saturated carbocycles. The Kier molecular flexibility index (Phi) is 3.42. The highest BCUT2D eigenvalue weighted by Crippen LogP contribution is 2.39. The monoisotopic (exact) mass is 324 g/mol. The van der Waals surface area contributed by atoms with Crippen molar-refractivity contribution in [1.29, 1.82) is 5.26 Å². The van der Waals surface area contributed by atoms with Gasteiger partial charge in [0.15, 0.2) is 6.10 Å². The standard InChI is InChI=1S/C13H12N2O6S/c1-22(17,18)20-7-12-10-6-19-11-4-8(5-14)2-3-9(11)15(10)13(16)21-12/h2-4,10,12H,6-7H2,1H3. The van der Waals surface area contributed by atoms with E-state index in [0.717, 1.165) is 6.26 Å². The summed E-state index contributed by atoms with van der Waals surface area (Å²) in [6, 6.07) is 6.22. The van der Waals surface area contributed by atoms with E-state index in [1.807, 2.05) is 6.07 Å². The van der Waals surface area contributed by atoms with E-state index in [-0.39, 0.29) is 13.2 Å². The predicted octanol–water partition coefficient (Wildman–Crippen LogP) is 0.621. The van der Waals surface area contributed by atoms with Gasteiger partial charge in [0.05, 0.1) is 23.6 Å².